The van der Waals surface area contributed by atoms with Crippen molar-refractivity contribution < 1.29 is 29.1 Å². The molecule has 0 aromatic carbocycles. The van der Waals surface area contributed by atoms with Crippen LogP contribution in [0.25, 0.3) is 0 Å². The molecule has 4 amide bonds. The summed E-state index contributed by atoms with van der Waals surface area (Å²) in [5, 5.41) is 16.9. The number of carbonyl (C=O) groups is 5. The molecule has 4 atom stereocenters. The second-order valence-electron chi connectivity index (χ2n) is 8.23. The zero-order chi connectivity index (χ0) is 25.6. The predicted molar refractivity (Wildman–Crippen MR) is 126 cm³/mol. The van der Waals surface area contributed by atoms with Gasteiger partial charge < -0.3 is 38.3 Å². The van der Waals surface area contributed by atoms with Gasteiger partial charge in [0.2, 0.25) is 23.6 Å². The third kappa shape index (κ3) is 13.0. The molecular weight excluding hydrogens is 452 g/mol. The van der Waals surface area contributed by atoms with Gasteiger partial charge in [-0.05, 0) is 44.6 Å². The molecule has 0 aromatic heterocycles. The second kappa shape index (κ2) is 16.3. The molecule has 0 aromatic rings. The van der Waals surface area contributed by atoms with Gasteiger partial charge >= 0.3 is 5.97 Å². The maximum atomic E-state index is 12.9. The molecule has 0 saturated carbocycles. The highest BCUT2D eigenvalue weighted by Crippen LogP contribution is 2.09. The van der Waals surface area contributed by atoms with Gasteiger partial charge in [0.05, 0.1) is 6.04 Å². The van der Waals surface area contributed by atoms with E-state index >= 15 is 0 Å². The second-order valence-corrected chi connectivity index (χ2v) is 8.59. The predicted octanol–water partition coefficient (Wildman–Crippen LogP) is -1.78. The van der Waals surface area contributed by atoms with Crippen LogP contribution in [0, 0.1) is 5.92 Å². The van der Waals surface area contributed by atoms with Gasteiger partial charge in [-0.25, -0.2) is 4.79 Å². The molecule has 12 nitrogen and oxygen atoms in total. The van der Waals surface area contributed by atoms with Crippen LogP contribution in [0.1, 0.15) is 52.4 Å². The van der Waals surface area contributed by atoms with Crippen LogP contribution < -0.4 is 33.2 Å². The molecule has 0 fully saturated rings. The highest BCUT2D eigenvalue weighted by Gasteiger charge is 2.30. The van der Waals surface area contributed by atoms with Crippen molar-refractivity contribution in [1.82, 2.24) is 16.0 Å². The summed E-state index contributed by atoms with van der Waals surface area (Å²) < 4.78 is 0. The van der Waals surface area contributed by atoms with E-state index in [1.165, 1.54) is 0 Å². The molecule has 13 heteroatoms. The van der Waals surface area contributed by atoms with E-state index in [0.717, 1.165) is 0 Å². The SMILES string of the molecule is CC(C)CC(NC(=O)C(CCCCN)NC(=O)C(N)CS)C(=O)NC(CCC(N)=O)C(=O)O. The van der Waals surface area contributed by atoms with Crippen molar-refractivity contribution >= 4 is 42.2 Å². The van der Waals surface area contributed by atoms with E-state index in [9.17, 15) is 29.1 Å². The average Bonchev–Trinajstić information content (AvgIpc) is 2.73. The van der Waals surface area contributed by atoms with Crippen molar-refractivity contribution in [2.24, 2.45) is 23.1 Å². The standard InChI is InChI=1S/C20H38N6O6S/c1-11(2)9-15(19(30)25-14(20(31)32)6-7-16(23)27)26-18(29)13(5-3-4-8-21)24-17(28)12(22)10-33/h11-15,33H,3-10,21-22H2,1-2H3,(H2,23,27)(H,24,28)(H,25,30)(H,26,29)(H,31,32). The summed E-state index contributed by atoms with van der Waals surface area (Å²) in [4.78, 5) is 60.4. The largest absolute Gasteiger partial charge is 0.480 e. The first-order valence-corrected chi connectivity index (χ1v) is 11.5. The van der Waals surface area contributed by atoms with E-state index in [2.05, 4.69) is 28.6 Å². The van der Waals surface area contributed by atoms with E-state index in [0.29, 0.717) is 19.4 Å². The Balaban J connectivity index is 5.45. The van der Waals surface area contributed by atoms with Crippen molar-refractivity contribution in [2.75, 3.05) is 12.3 Å². The number of carbonyl (C=O) groups excluding carboxylic acids is 4. The molecule has 0 bridgehead atoms. The lowest BCUT2D eigenvalue weighted by molar-refractivity contribution is -0.142. The number of nitrogens with two attached hydrogens (primary N) is 3. The van der Waals surface area contributed by atoms with Gasteiger partial charge in [0.1, 0.15) is 18.1 Å². The van der Waals surface area contributed by atoms with E-state index in [1.807, 2.05) is 13.8 Å². The van der Waals surface area contributed by atoms with Crippen molar-refractivity contribution in [1.29, 1.82) is 0 Å². The summed E-state index contributed by atoms with van der Waals surface area (Å²) in [5.74, 6) is -3.82. The Morgan fingerprint density at radius 1 is 0.879 bits per heavy atom. The molecule has 0 aliphatic heterocycles. The Kier molecular flexibility index (Phi) is 15.1. The fourth-order valence-corrected chi connectivity index (χ4v) is 3.08. The Labute approximate surface area is 199 Å². The minimum absolute atomic E-state index is 0.0159. The average molecular weight is 491 g/mol. The highest BCUT2D eigenvalue weighted by atomic mass is 32.1. The lowest BCUT2D eigenvalue weighted by atomic mass is 10.0. The lowest BCUT2D eigenvalue weighted by Gasteiger charge is -2.26. The monoisotopic (exact) mass is 490 g/mol. The molecule has 4 unspecified atom stereocenters. The minimum atomic E-state index is -1.34. The third-order valence-electron chi connectivity index (χ3n) is 4.75. The van der Waals surface area contributed by atoms with Crippen molar-refractivity contribution in [2.45, 2.75) is 76.5 Å². The van der Waals surface area contributed by atoms with Crippen LogP contribution in [0.3, 0.4) is 0 Å². The number of thiol groups is 1. The first-order chi connectivity index (χ1) is 15.4. The van der Waals surface area contributed by atoms with Gasteiger partial charge in [0.25, 0.3) is 0 Å². The first-order valence-electron chi connectivity index (χ1n) is 10.9. The van der Waals surface area contributed by atoms with Gasteiger partial charge in [-0.2, -0.15) is 12.6 Å². The van der Waals surface area contributed by atoms with Crippen LogP contribution >= 0.6 is 12.6 Å². The Bertz CT molecular complexity index is 677. The van der Waals surface area contributed by atoms with Gasteiger partial charge in [-0.1, -0.05) is 13.8 Å². The number of hydrogen-bond acceptors (Lipinski definition) is 8. The normalized spacial score (nSPS) is 14.6. The molecule has 10 N–H and O–H groups in total. The number of primary amides is 1. The fraction of sp³-hybridized carbons (Fsp3) is 0.750. The van der Waals surface area contributed by atoms with Crippen LogP contribution in [0.2, 0.25) is 0 Å². The summed E-state index contributed by atoms with van der Waals surface area (Å²) in [6, 6.07) is -4.26. The molecular formula is C20H38N6O6S. The van der Waals surface area contributed by atoms with Crippen LogP contribution in [-0.4, -0.2) is 71.2 Å². The van der Waals surface area contributed by atoms with Crippen LogP contribution in [0.4, 0.5) is 0 Å². The van der Waals surface area contributed by atoms with Crippen molar-refractivity contribution in [3.8, 4) is 0 Å². The van der Waals surface area contributed by atoms with E-state index in [1.54, 1.807) is 0 Å². The van der Waals surface area contributed by atoms with Crippen LogP contribution in [-0.2, 0) is 24.0 Å². The van der Waals surface area contributed by atoms with Gasteiger partial charge in [0.15, 0.2) is 0 Å². The number of hydrogen-bond donors (Lipinski definition) is 8. The zero-order valence-electron chi connectivity index (χ0n) is 19.2. The molecule has 0 radical (unpaired) electrons. The van der Waals surface area contributed by atoms with Crippen molar-refractivity contribution in [3.05, 3.63) is 0 Å². The molecule has 0 aliphatic rings. The molecule has 33 heavy (non-hydrogen) atoms. The van der Waals surface area contributed by atoms with E-state index in [-0.39, 0.29) is 37.4 Å². The fourth-order valence-electron chi connectivity index (χ4n) is 2.91. The number of carboxylic acid groups (broad SMARTS) is 1. The number of unbranched alkanes of at least 4 members (excludes halogenated alkanes) is 1. The zero-order valence-corrected chi connectivity index (χ0v) is 20.1. The van der Waals surface area contributed by atoms with Crippen molar-refractivity contribution in [3.63, 3.8) is 0 Å². The number of rotatable bonds is 17. The number of aliphatic carboxylic acids is 1. The molecule has 0 aliphatic carbocycles. The third-order valence-corrected chi connectivity index (χ3v) is 5.14. The smallest absolute Gasteiger partial charge is 0.326 e. The maximum absolute atomic E-state index is 12.9. The minimum Gasteiger partial charge on any atom is -0.480 e. The summed E-state index contributed by atoms with van der Waals surface area (Å²) in [6.45, 7) is 4.08. The topological polar surface area (TPSA) is 220 Å². The first kappa shape index (κ1) is 30.6. The van der Waals surface area contributed by atoms with Gasteiger partial charge in [-0.15, -0.1) is 0 Å². The lowest BCUT2D eigenvalue weighted by Crippen LogP contribution is -2.57. The van der Waals surface area contributed by atoms with Crippen LogP contribution in [0.5, 0.6) is 0 Å². The summed E-state index contributed by atoms with van der Waals surface area (Å²) in [6.07, 6.45) is 1.28. The Morgan fingerprint density at radius 3 is 1.91 bits per heavy atom. The summed E-state index contributed by atoms with van der Waals surface area (Å²) in [7, 11) is 0. The van der Waals surface area contributed by atoms with E-state index in [4.69, 9.17) is 17.2 Å². The molecule has 0 spiro atoms. The number of nitrogens with one attached hydrogen (secondary N) is 3. The Hall–Kier alpha value is -2.38. The molecule has 0 heterocycles. The Morgan fingerprint density at radius 2 is 1.42 bits per heavy atom. The summed E-state index contributed by atoms with van der Waals surface area (Å²) >= 11 is 3.98. The number of carboxylic acids is 1. The maximum Gasteiger partial charge on any atom is 0.326 e. The molecule has 190 valence electrons. The quantitative estimate of drug-likeness (QED) is 0.0858. The van der Waals surface area contributed by atoms with Gasteiger partial charge in [0, 0.05) is 12.2 Å². The molecule has 0 saturated heterocycles. The van der Waals surface area contributed by atoms with Crippen LogP contribution in [0.15, 0.2) is 0 Å². The number of amides is 4. The summed E-state index contributed by atoms with van der Waals surface area (Å²) in [5.41, 5.74) is 16.2. The highest BCUT2D eigenvalue weighted by molar-refractivity contribution is 7.80. The molecule has 0 rings (SSSR count). The van der Waals surface area contributed by atoms with Gasteiger partial charge in [-0.3, -0.25) is 19.2 Å². The van der Waals surface area contributed by atoms with E-state index < -0.39 is 53.8 Å².